The van der Waals surface area contributed by atoms with Crippen LogP contribution in [0.15, 0.2) is 91.0 Å². The van der Waals surface area contributed by atoms with Crippen LogP contribution in [-0.4, -0.2) is 15.5 Å². The van der Waals surface area contributed by atoms with E-state index in [-0.39, 0.29) is 0 Å². The molecule has 0 bridgehead atoms. The minimum Gasteiger partial charge on any atom is -0.306 e. The van der Waals surface area contributed by atoms with Crippen LogP contribution in [0.5, 0.6) is 0 Å². The van der Waals surface area contributed by atoms with Crippen molar-refractivity contribution in [2.24, 2.45) is 0 Å². The molecular formula is C20H21FSi2. The van der Waals surface area contributed by atoms with Crippen molar-refractivity contribution in [3.05, 3.63) is 91.0 Å². The Bertz CT molecular complexity index is 716. The van der Waals surface area contributed by atoms with Gasteiger partial charge in [-0.25, -0.2) is 0 Å². The van der Waals surface area contributed by atoms with Crippen LogP contribution in [0.2, 0.25) is 13.1 Å². The fourth-order valence-corrected chi connectivity index (χ4v) is 14.8. The number of rotatable bonds is 4. The number of hydrogen-bond donors (Lipinski definition) is 0. The highest BCUT2D eigenvalue weighted by Gasteiger charge is 2.54. The van der Waals surface area contributed by atoms with Gasteiger partial charge in [-0.2, -0.15) is 0 Å². The Hall–Kier alpha value is -1.98. The topological polar surface area (TPSA) is 0 Å². The van der Waals surface area contributed by atoms with Crippen molar-refractivity contribution in [1.82, 2.24) is 0 Å². The highest BCUT2D eigenvalue weighted by Crippen LogP contribution is 2.21. The van der Waals surface area contributed by atoms with Gasteiger partial charge in [0, 0.05) is 0 Å². The van der Waals surface area contributed by atoms with Gasteiger partial charge >= 0.3 is 0 Å². The van der Waals surface area contributed by atoms with Crippen LogP contribution in [-0.2, 0) is 0 Å². The summed E-state index contributed by atoms with van der Waals surface area (Å²) in [7, 11) is -5.67. The molecule has 0 heterocycles. The lowest BCUT2D eigenvalue weighted by molar-refractivity contribution is 0.848. The maximum atomic E-state index is 16.9. The van der Waals surface area contributed by atoms with Gasteiger partial charge in [0.25, 0.3) is 7.93 Å². The number of benzene rings is 3. The summed E-state index contributed by atoms with van der Waals surface area (Å²) in [6.07, 6.45) is 0. The second kappa shape index (κ2) is 6.26. The molecule has 0 aliphatic heterocycles. The van der Waals surface area contributed by atoms with E-state index < -0.39 is 15.5 Å². The van der Waals surface area contributed by atoms with Crippen molar-refractivity contribution in [3.63, 3.8) is 0 Å². The molecule has 3 rings (SSSR count). The monoisotopic (exact) mass is 336 g/mol. The maximum absolute atomic E-state index is 16.9. The molecule has 0 nitrogen and oxygen atoms in total. The summed E-state index contributed by atoms with van der Waals surface area (Å²) in [6.45, 7) is 4.35. The Balaban J connectivity index is 2.25. The molecule has 0 fully saturated rings. The third kappa shape index (κ3) is 2.71. The van der Waals surface area contributed by atoms with Gasteiger partial charge in [0.05, 0.1) is 0 Å². The lowest BCUT2D eigenvalue weighted by Gasteiger charge is -2.37. The van der Waals surface area contributed by atoms with Crippen molar-refractivity contribution in [1.29, 1.82) is 0 Å². The molecule has 3 aromatic rings. The quantitative estimate of drug-likeness (QED) is 0.506. The van der Waals surface area contributed by atoms with Gasteiger partial charge in [-0.15, -0.1) is 0 Å². The first-order valence-electron chi connectivity index (χ1n) is 7.92. The van der Waals surface area contributed by atoms with Crippen LogP contribution in [0.25, 0.3) is 0 Å². The highest BCUT2D eigenvalue weighted by molar-refractivity contribution is 7.52. The zero-order valence-electron chi connectivity index (χ0n) is 13.5. The SMILES string of the molecule is C[Si](C)(c1ccccc1)[Si](F)(c1ccccc1)c1ccccc1. The van der Waals surface area contributed by atoms with E-state index in [1.54, 1.807) is 0 Å². The Labute approximate surface area is 139 Å². The van der Waals surface area contributed by atoms with E-state index in [2.05, 4.69) is 25.2 Å². The minimum absolute atomic E-state index is 0.881. The average molecular weight is 337 g/mol. The third-order valence-corrected chi connectivity index (χ3v) is 18.2. The van der Waals surface area contributed by atoms with Gasteiger partial charge in [-0.3, -0.25) is 0 Å². The highest BCUT2D eigenvalue weighted by atomic mass is 29.3. The zero-order valence-corrected chi connectivity index (χ0v) is 15.5. The van der Waals surface area contributed by atoms with E-state index in [0.717, 1.165) is 10.4 Å². The molecule has 0 spiro atoms. The Morgan fingerprint density at radius 3 is 1.17 bits per heavy atom. The van der Waals surface area contributed by atoms with Gasteiger partial charge in [0.1, 0.15) is 7.59 Å². The molecular weight excluding hydrogens is 315 g/mol. The number of hydrogen-bond acceptors (Lipinski definition) is 0. The molecule has 0 amide bonds. The van der Waals surface area contributed by atoms with E-state index in [1.807, 2.05) is 78.9 Å². The number of halogens is 1. The predicted molar refractivity (Wildman–Crippen MR) is 103 cm³/mol. The van der Waals surface area contributed by atoms with Crippen molar-refractivity contribution < 1.29 is 4.11 Å². The van der Waals surface area contributed by atoms with Gasteiger partial charge in [0.2, 0.25) is 0 Å². The smallest absolute Gasteiger partial charge is 0.297 e. The predicted octanol–water partition coefficient (Wildman–Crippen LogP) is 3.41. The first kappa shape index (κ1) is 15.9. The fraction of sp³-hybridized carbons (Fsp3) is 0.100. The molecule has 0 aliphatic rings. The largest absolute Gasteiger partial charge is 0.306 e. The van der Waals surface area contributed by atoms with E-state index in [4.69, 9.17) is 0 Å². The Morgan fingerprint density at radius 1 is 0.522 bits per heavy atom. The van der Waals surface area contributed by atoms with E-state index >= 15 is 4.11 Å². The first-order valence-corrected chi connectivity index (χ1v) is 13.8. The normalized spacial score (nSPS) is 12.1. The second-order valence-corrected chi connectivity index (χ2v) is 18.5. The molecule has 116 valence electrons. The van der Waals surface area contributed by atoms with Crippen molar-refractivity contribution in [3.8, 4) is 0 Å². The van der Waals surface area contributed by atoms with E-state index in [0.29, 0.717) is 0 Å². The standard InChI is InChI=1S/C20H21FSi2/c1-22(2,18-12-6-3-7-13-18)23(21,19-14-8-4-9-15-19)20-16-10-5-11-17-20/h3-17H,1-2H3. The summed E-state index contributed by atoms with van der Waals surface area (Å²) >= 11 is 0. The summed E-state index contributed by atoms with van der Waals surface area (Å²) < 4.78 is 16.9. The molecule has 23 heavy (non-hydrogen) atoms. The van der Waals surface area contributed by atoms with Crippen molar-refractivity contribution >= 4 is 31.1 Å². The molecule has 0 atom stereocenters. The average Bonchev–Trinajstić information content (AvgIpc) is 2.63. The van der Waals surface area contributed by atoms with Gasteiger partial charge in [0.15, 0.2) is 0 Å². The van der Waals surface area contributed by atoms with Gasteiger partial charge in [-0.05, 0) is 10.4 Å². The molecule has 3 aromatic carbocycles. The van der Waals surface area contributed by atoms with Gasteiger partial charge < -0.3 is 4.11 Å². The second-order valence-electron chi connectivity index (χ2n) is 6.38. The molecule has 0 aromatic heterocycles. The third-order valence-electron chi connectivity index (χ3n) is 4.70. The molecule has 0 N–H and O–H groups in total. The fourth-order valence-electron chi connectivity index (χ4n) is 3.28. The van der Waals surface area contributed by atoms with Crippen LogP contribution in [0.3, 0.4) is 0 Å². The van der Waals surface area contributed by atoms with Crippen LogP contribution in [0, 0.1) is 0 Å². The van der Waals surface area contributed by atoms with Crippen molar-refractivity contribution in [2.45, 2.75) is 13.1 Å². The molecule has 0 saturated heterocycles. The van der Waals surface area contributed by atoms with E-state index in [1.165, 1.54) is 5.19 Å². The summed E-state index contributed by atoms with van der Waals surface area (Å²) in [6, 6.07) is 29.8. The van der Waals surface area contributed by atoms with Crippen LogP contribution >= 0.6 is 0 Å². The maximum Gasteiger partial charge on any atom is 0.297 e. The lowest BCUT2D eigenvalue weighted by atomic mass is 10.4. The summed E-state index contributed by atoms with van der Waals surface area (Å²) in [4.78, 5) is 0. The molecule has 0 aliphatic carbocycles. The lowest BCUT2D eigenvalue weighted by Crippen LogP contribution is -2.76. The molecule has 0 unspecified atom stereocenters. The van der Waals surface area contributed by atoms with Crippen LogP contribution in [0.1, 0.15) is 0 Å². The Morgan fingerprint density at radius 2 is 0.826 bits per heavy atom. The molecule has 0 saturated carbocycles. The van der Waals surface area contributed by atoms with Gasteiger partial charge in [-0.1, -0.05) is 109 Å². The minimum atomic E-state index is -3.33. The molecule has 3 heteroatoms. The summed E-state index contributed by atoms with van der Waals surface area (Å²) in [5, 5.41) is 2.94. The summed E-state index contributed by atoms with van der Waals surface area (Å²) in [5.74, 6) is 0. The molecule has 0 radical (unpaired) electrons. The van der Waals surface area contributed by atoms with E-state index in [9.17, 15) is 0 Å². The zero-order chi connectivity index (χ0) is 16.3. The first-order chi connectivity index (χ1) is 11.1. The van der Waals surface area contributed by atoms with Crippen molar-refractivity contribution in [2.75, 3.05) is 0 Å². The Kier molecular flexibility index (Phi) is 4.33. The summed E-state index contributed by atoms with van der Waals surface area (Å²) in [5.41, 5.74) is 0. The van der Waals surface area contributed by atoms with Crippen LogP contribution in [0.4, 0.5) is 4.11 Å². The van der Waals surface area contributed by atoms with Crippen LogP contribution < -0.4 is 15.6 Å².